The van der Waals surface area contributed by atoms with E-state index < -0.39 is 10.8 Å². The second-order valence-corrected chi connectivity index (χ2v) is 11.0. The molecule has 2 aliphatic heterocycles. The number of amides is 2. The maximum absolute atomic E-state index is 13.5. The average Bonchev–Trinajstić information content (AvgIpc) is 3.02. The molecule has 0 saturated carbocycles. The van der Waals surface area contributed by atoms with E-state index in [1.54, 1.807) is 12.1 Å². The highest BCUT2D eigenvalue weighted by Gasteiger charge is 2.23. The predicted molar refractivity (Wildman–Crippen MR) is 166 cm³/mol. The summed E-state index contributed by atoms with van der Waals surface area (Å²) in [4.78, 5) is 43.9. The summed E-state index contributed by atoms with van der Waals surface area (Å²) in [6.45, 7) is 8.34. The Balaban J connectivity index is 1.30. The van der Waals surface area contributed by atoms with E-state index in [1.165, 1.54) is 17.7 Å². The summed E-state index contributed by atoms with van der Waals surface area (Å²) in [5.41, 5.74) is 2.85. The van der Waals surface area contributed by atoms with Crippen LogP contribution in [-0.2, 0) is 11.3 Å². The van der Waals surface area contributed by atoms with Gasteiger partial charge in [-0.1, -0.05) is 41.9 Å². The summed E-state index contributed by atoms with van der Waals surface area (Å²) in [7, 11) is 0. The first kappa shape index (κ1) is 30.4. The summed E-state index contributed by atoms with van der Waals surface area (Å²) in [5, 5.41) is 16.9. The Morgan fingerprint density at radius 1 is 0.860 bits per heavy atom. The van der Waals surface area contributed by atoms with Gasteiger partial charge in [0.15, 0.2) is 0 Å². The minimum Gasteiger partial charge on any atom is -0.379 e. The maximum atomic E-state index is 13.5. The first-order valence-corrected chi connectivity index (χ1v) is 14.7. The number of ether oxygens (including phenoxy) is 1. The van der Waals surface area contributed by atoms with Crippen LogP contribution in [0.2, 0.25) is 5.02 Å². The Hall–Kier alpha value is -4.03. The van der Waals surface area contributed by atoms with Crippen LogP contribution in [0.1, 0.15) is 26.3 Å². The zero-order chi connectivity index (χ0) is 30.2. The van der Waals surface area contributed by atoms with Crippen LogP contribution in [0.3, 0.4) is 0 Å². The van der Waals surface area contributed by atoms with Gasteiger partial charge in [0.2, 0.25) is 0 Å². The number of nitrogens with zero attached hydrogens (tertiary/aromatic N) is 4. The Kier molecular flexibility index (Phi) is 10.2. The quantitative estimate of drug-likeness (QED) is 0.264. The number of piperazine rings is 1. The normalized spacial score (nSPS) is 16.1. The van der Waals surface area contributed by atoms with Crippen molar-refractivity contribution >= 4 is 40.5 Å². The lowest BCUT2D eigenvalue weighted by atomic mass is 10.1. The van der Waals surface area contributed by atoms with E-state index in [4.69, 9.17) is 16.3 Å². The fraction of sp³-hybridized carbons (Fsp3) is 0.355. The SMILES string of the molecule is O=C(Nc1ccc(N2CCN(Cc3ccccc3)CC2)c(C(=O)NCCN2CCOCC2)c1)c1ccc([N+](=O)[O-])cc1Cl. The Bertz CT molecular complexity index is 1440. The smallest absolute Gasteiger partial charge is 0.270 e. The molecule has 43 heavy (non-hydrogen) atoms. The molecule has 0 unspecified atom stereocenters. The first-order chi connectivity index (χ1) is 20.9. The summed E-state index contributed by atoms with van der Waals surface area (Å²) in [5.74, 6) is -0.750. The van der Waals surface area contributed by atoms with Gasteiger partial charge in [-0.05, 0) is 29.8 Å². The molecule has 0 atom stereocenters. The van der Waals surface area contributed by atoms with E-state index in [1.807, 2.05) is 24.3 Å². The Morgan fingerprint density at radius 3 is 2.30 bits per heavy atom. The van der Waals surface area contributed by atoms with Crippen molar-refractivity contribution in [2.75, 3.05) is 75.8 Å². The van der Waals surface area contributed by atoms with Gasteiger partial charge in [0.25, 0.3) is 17.5 Å². The number of halogens is 1. The number of anilines is 2. The van der Waals surface area contributed by atoms with Crippen LogP contribution in [0.25, 0.3) is 0 Å². The highest BCUT2D eigenvalue weighted by atomic mass is 35.5. The molecule has 226 valence electrons. The molecule has 5 rings (SSSR count). The lowest BCUT2D eigenvalue weighted by Crippen LogP contribution is -2.46. The molecule has 11 nitrogen and oxygen atoms in total. The fourth-order valence-electron chi connectivity index (χ4n) is 5.31. The molecule has 0 bridgehead atoms. The number of carbonyl (C=O) groups excluding carboxylic acids is 2. The minimum absolute atomic E-state index is 0.0298. The monoisotopic (exact) mass is 606 g/mol. The van der Waals surface area contributed by atoms with E-state index in [0.717, 1.165) is 64.1 Å². The molecule has 12 heteroatoms. The van der Waals surface area contributed by atoms with Gasteiger partial charge in [-0.2, -0.15) is 0 Å². The summed E-state index contributed by atoms with van der Waals surface area (Å²) in [6.07, 6.45) is 0. The topological polar surface area (TPSA) is 120 Å². The van der Waals surface area contributed by atoms with E-state index in [0.29, 0.717) is 31.0 Å². The van der Waals surface area contributed by atoms with Gasteiger partial charge in [0, 0.05) is 82.4 Å². The van der Waals surface area contributed by atoms with Crippen molar-refractivity contribution in [3.05, 3.63) is 98.6 Å². The van der Waals surface area contributed by atoms with Gasteiger partial charge >= 0.3 is 0 Å². The standard InChI is InChI=1S/C31H35ClN6O5/c32-28-21-25(38(41)42)7-8-26(28)31(40)34-24-6-9-29(27(20-24)30(39)33-10-11-35-16-18-43-19-17-35)37-14-12-36(13-15-37)22-23-4-2-1-3-5-23/h1-9,20-21H,10-19,22H2,(H,33,39)(H,34,40). The van der Waals surface area contributed by atoms with Crippen LogP contribution in [-0.4, -0.2) is 92.1 Å². The third-order valence-electron chi connectivity index (χ3n) is 7.69. The average molecular weight is 607 g/mol. The van der Waals surface area contributed by atoms with Crippen molar-refractivity contribution < 1.29 is 19.2 Å². The first-order valence-electron chi connectivity index (χ1n) is 14.4. The number of benzene rings is 3. The van der Waals surface area contributed by atoms with Gasteiger partial charge in [-0.25, -0.2) is 0 Å². The molecule has 0 aromatic heterocycles. The zero-order valence-corrected chi connectivity index (χ0v) is 24.6. The number of nitro groups is 1. The molecule has 0 radical (unpaired) electrons. The van der Waals surface area contributed by atoms with Crippen molar-refractivity contribution in [1.82, 2.24) is 15.1 Å². The molecule has 2 amide bonds. The summed E-state index contributed by atoms with van der Waals surface area (Å²) >= 11 is 6.18. The van der Waals surface area contributed by atoms with Gasteiger partial charge < -0.3 is 20.3 Å². The molecular formula is C31H35ClN6O5. The molecular weight excluding hydrogens is 572 g/mol. The molecule has 2 heterocycles. The highest BCUT2D eigenvalue weighted by molar-refractivity contribution is 6.34. The number of rotatable bonds is 10. The van der Waals surface area contributed by atoms with Gasteiger partial charge in [0.05, 0.1) is 34.3 Å². The van der Waals surface area contributed by atoms with E-state index in [9.17, 15) is 19.7 Å². The Labute approximate surface area is 255 Å². The third-order valence-corrected chi connectivity index (χ3v) is 8.00. The van der Waals surface area contributed by atoms with Crippen molar-refractivity contribution in [3.63, 3.8) is 0 Å². The number of hydrogen-bond acceptors (Lipinski definition) is 8. The van der Waals surface area contributed by atoms with Crippen LogP contribution in [0.5, 0.6) is 0 Å². The highest BCUT2D eigenvalue weighted by Crippen LogP contribution is 2.28. The molecule has 2 fully saturated rings. The van der Waals surface area contributed by atoms with Crippen LogP contribution < -0.4 is 15.5 Å². The number of non-ortho nitro benzene ring substituents is 1. The van der Waals surface area contributed by atoms with Crippen LogP contribution in [0, 0.1) is 10.1 Å². The number of nitro benzene ring substituents is 1. The molecule has 0 aliphatic carbocycles. The van der Waals surface area contributed by atoms with Gasteiger partial charge in [-0.15, -0.1) is 0 Å². The van der Waals surface area contributed by atoms with E-state index in [-0.39, 0.29) is 22.2 Å². The number of nitrogens with one attached hydrogen (secondary N) is 2. The molecule has 2 N–H and O–H groups in total. The molecule has 2 saturated heterocycles. The molecule has 3 aromatic carbocycles. The van der Waals surface area contributed by atoms with E-state index in [2.05, 4.69) is 37.5 Å². The van der Waals surface area contributed by atoms with Crippen molar-refractivity contribution in [3.8, 4) is 0 Å². The lowest BCUT2D eigenvalue weighted by Gasteiger charge is -2.37. The van der Waals surface area contributed by atoms with Crippen molar-refractivity contribution in [2.24, 2.45) is 0 Å². The van der Waals surface area contributed by atoms with Crippen LogP contribution in [0.15, 0.2) is 66.7 Å². The molecule has 2 aliphatic rings. The minimum atomic E-state index is -0.572. The second-order valence-electron chi connectivity index (χ2n) is 10.6. The molecule has 3 aromatic rings. The number of carbonyl (C=O) groups is 2. The maximum Gasteiger partial charge on any atom is 0.270 e. The number of hydrogen-bond donors (Lipinski definition) is 2. The number of morpholine rings is 1. The van der Waals surface area contributed by atoms with Crippen molar-refractivity contribution in [1.29, 1.82) is 0 Å². The molecule has 0 spiro atoms. The third kappa shape index (κ3) is 8.08. The Morgan fingerprint density at radius 2 is 1.60 bits per heavy atom. The van der Waals surface area contributed by atoms with Crippen molar-refractivity contribution in [2.45, 2.75) is 6.54 Å². The second kappa shape index (κ2) is 14.4. The fourth-order valence-corrected chi connectivity index (χ4v) is 5.57. The predicted octanol–water partition coefficient (Wildman–Crippen LogP) is 3.88. The lowest BCUT2D eigenvalue weighted by molar-refractivity contribution is -0.384. The van der Waals surface area contributed by atoms with Crippen LogP contribution in [0.4, 0.5) is 17.1 Å². The van der Waals surface area contributed by atoms with E-state index >= 15 is 0 Å². The summed E-state index contributed by atoms with van der Waals surface area (Å²) in [6, 6.07) is 19.3. The van der Waals surface area contributed by atoms with Gasteiger partial charge in [-0.3, -0.25) is 29.5 Å². The van der Waals surface area contributed by atoms with Gasteiger partial charge in [0.1, 0.15) is 0 Å². The summed E-state index contributed by atoms with van der Waals surface area (Å²) < 4.78 is 5.41. The largest absolute Gasteiger partial charge is 0.379 e. The van der Waals surface area contributed by atoms with Crippen LogP contribution >= 0.6 is 11.6 Å². The zero-order valence-electron chi connectivity index (χ0n) is 23.8.